The molecule has 0 N–H and O–H groups in total. The molecular formula is C20H20O4. The van der Waals surface area contributed by atoms with Gasteiger partial charge in [0.15, 0.2) is 11.6 Å². The largest absolute Gasteiger partial charge is 0.299 e. The molecule has 0 aromatic heterocycles. The molecule has 0 atom stereocenters. The van der Waals surface area contributed by atoms with E-state index >= 15 is 0 Å². The summed E-state index contributed by atoms with van der Waals surface area (Å²) in [5.74, 6) is -0.826. The molecule has 1 aliphatic rings. The second kappa shape index (κ2) is 6.48. The zero-order valence-corrected chi connectivity index (χ0v) is 14.3. The van der Waals surface area contributed by atoms with E-state index in [4.69, 9.17) is 0 Å². The molecule has 24 heavy (non-hydrogen) atoms. The van der Waals surface area contributed by atoms with Crippen LogP contribution in [0.4, 0.5) is 0 Å². The van der Waals surface area contributed by atoms with Crippen LogP contribution in [0.3, 0.4) is 0 Å². The van der Waals surface area contributed by atoms with Crippen LogP contribution in [0.25, 0.3) is 5.57 Å². The summed E-state index contributed by atoms with van der Waals surface area (Å²) in [5.41, 5.74) is 0.962. The predicted octanol–water partition coefficient (Wildman–Crippen LogP) is 3.36. The van der Waals surface area contributed by atoms with Gasteiger partial charge in [0.25, 0.3) is 0 Å². The average Bonchev–Trinajstić information content (AvgIpc) is 2.53. The monoisotopic (exact) mass is 324 g/mol. The van der Waals surface area contributed by atoms with E-state index in [0.29, 0.717) is 22.3 Å². The smallest absolute Gasteiger partial charge is 0.159 e. The maximum absolute atomic E-state index is 12.2. The Kier molecular flexibility index (Phi) is 4.78. The lowest BCUT2D eigenvalue weighted by Gasteiger charge is -2.30. The zero-order chi connectivity index (χ0) is 18.1. The summed E-state index contributed by atoms with van der Waals surface area (Å²) < 4.78 is 0. The highest BCUT2D eigenvalue weighted by molar-refractivity contribution is 6.12. The van der Waals surface area contributed by atoms with Gasteiger partial charge < -0.3 is 0 Å². The van der Waals surface area contributed by atoms with Gasteiger partial charge in [-0.25, -0.2) is 0 Å². The maximum atomic E-state index is 12.2. The first-order valence-electron chi connectivity index (χ1n) is 7.75. The number of hydrogen-bond donors (Lipinski definition) is 0. The molecule has 124 valence electrons. The first-order chi connectivity index (χ1) is 11.2. The van der Waals surface area contributed by atoms with Crippen LogP contribution in [0.2, 0.25) is 0 Å². The molecule has 1 aromatic carbocycles. The minimum Gasteiger partial charge on any atom is -0.299 e. The first kappa shape index (κ1) is 17.7. The Bertz CT molecular complexity index is 795. The van der Waals surface area contributed by atoms with Gasteiger partial charge in [-0.2, -0.15) is 0 Å². The number of rotatable bonds is 5. The van der Waals surface area contributed by atoms with Crippen LogP contribution in [-0.4, -0.2) is 23.1 Å². The Morgan fingerprint density at radius 1 is 0.917 bits per heavy atom. The molecule has 0 saturated carbocycles. The number of carbonyl (C=O) groups is 4. The minimum atomic E-state index is -1.32. The van der Waals surface area contributed by atoms with Crippen LogP contribution in [0.5, 0.6) is 0 Å². The van der Waals surface area contributed by atoms with E-state index in [1.54, 1.807) is 36.4 Å². The molecule has 1 aromatic rings. The third kappa shape index (κ3) is 3.18. The lowest BCUT2D eigenvalue weighted by atomic mass is 9.69. The van der Waals surface area contributed by atoms with Gasteiger partial charge in [-0.3, -0.25) is 19.2 Å². The molecule has 1 aliphatic carbocycles. The van der Waals surface area contributed by atoms with Gasteiger partial charge in [0.2, 0.25) is 0 Å². The van der Waals surface area contributed by atoms with Crippen molar-refractivity contribution in [3.63, 3.8) is 0 Å². The summed E-state index contributed by atoms with van der Waals surface area (Å²) in [7, 11) is 0. The van der Waals surface area contributed by atoms with Gasteiger partial charge >= 0.3 is 0 Å². The highest BCUT2D eigenvalue weighted by Gasteiger charge is 2.42. The summed E-state index contributed by atoms with van der Waals surface area (Å²) in [5, 5.41) is 0. The standard InChI is InChI=1S/C20H20O4/c1-12(21)16-6-5-7-17(8-16)19-9-18(13(2)22)10-20(11-19,14(3)23)15(4)24/h5-9,11H,10H2,1-4H3. The topological polar surface area (TPSA) is 68.3 Å². The van der Waals surface area contributed by atoms with E-state index in [2.05, 4.69) is 0 Å². The van der Waals surface area contributed by atoms with Crippen LogP contribution in [-0.2, 0) is 14.4 Å². The summed E-state index contributed by atoms with van der Waals surface area (Å²) in [4.78, 5) is 48.0. The van der Waals surface area contributed by atoms with E-state index in [-0.39, 0.29) is 29.6 Å². The van der Waals surface area contributed by atoms with Crippen molar-refractivity contribution in [3.05, 3.63) is 53.1 Å². The van der Waals surface area contributed by atoms with Crippen molar-refractivity contribution in [2.75, 3.05) is 0 Å². The van der Waals surface area contributed by atoms with E-state index < -0.39 is 5.41 Å². The molecule has 0 bridgehead atoms. The fraction of sp³-hybridized carbons (Fsp3) is 0.300. The molecular weight excluding hydrogens is 304 g/mol. The first-order valence-corrected chi connectivity index (χ1v) is 7.75. The van der Waals surface area contributed by atoms with Gasteiger partial charge in [0.1, 0.15) is 17.0 Å². The number of benzene rings is 1. The second-order valence-electron chi connectivity index (χ2n) is 6.22. The molecule has 0 radical (unpaired) electrons. The van der Waals surface area contributed by atoms with E-state index in [0.717, 1.165) is 0 Å². The quantitative estimate of drug-likeness (QED) is 0.615. The number of allylic oxidation sites excluding steroid dienone is 4. The third-order valence-corrected chi connectivity index (χ3v) is 4.51. The summed E-state index contributed by atoms with van der Waals surface area (Å²) >= 11 is 0. The Balaban J connectivity index is 2.68. The Hall–Kier alpha value is -2.62. The lowest BCUT2D eigenvalue weighted by Crippen LogP contribution is -2.37. The molecule has 0 heterocycles. The second-order valence-corrected chi connectivity index (χ2v) is 6.22. The minimum absolute atomic E-state index is 0.0755. The molecule has 0 spiro atoms. The van der Waals surface area contributed by atoms with Crippen LogP contribution < -0.4 is 0 Å². The van der Waals surface area contributed by atoms with Crippen LogP contribution >= 0.6 is 0 Å². The van der Waals surface area contributed by atoms with E-state index in [1.807, 2.05) is 0 Å². The number of hydrogen-bond acceptors (Lipinski definition) is 4. The van der Waals surface area contributed by atoms with Gasteiger partial charge in [0, 0.05) is 5.56 Å². The van der Waals surface area contributed by atoms with Gasteiger partial charge in [-0.15, -0.1) is 0 Å². The lowest BCUT2D eigenvalue weighted by molar-refractivity contribution is -0.135. The van der Waals surface area contributed by atoms with Crippen molar-refractivity contribution < 1.29 is 19.2 Å². The van der Waals surface area contributed by atoms with Crippen LogP contribution in [0.15, 0.2) is 42.0 Å². The Labute approximate surface area is 141 Å². The maximum Gasteiger partial charge on any atom is 0.159 e. The van der Waals surface area contributed by atoms with Crippen molar-refractivity contribution in [2.24, 2.45) is 5.41 Å². The SMILES string of the molecule is CC(=O)C1=CC(c2cccc(C(C)=O)c2)=CC(C(C)=O)(C(C)=O)C1. The van der Waals surface area contributed by atoms with Gasteiger partial charge in [0.05, 0.1) is 0 Å². The fourth-order valence-corrected chi connectivity index (χ4v) is 2.91. The van der Waals surface area contributed by atoms with E-state index in [9.17, 15) is 19.2 Å². The molecule has 0 aliphatic heterocycles. The number of Topliss-reactive ketones (excluding diaryl/α,β-unsaturated/α-hetero) is 4. The van der Waals surface area contributed by atoms with Crippen molar-refractivity contribution >= 4 is 28.7 Å². The highest BCUT2D eigenvalue weighted by atomic mass is 16.2. The molecule has 0 saturated heterocycles. The van der Waals surface area contributed by atoms with Gasteiger partial charge in [-0.05, 0) is 63.0 Å². The third-order valence-electron chi connectivity index (χ3n) is 4.51. The molecule has 0 unspecified atom stereocenters. The van der Waals surface area contributed by atoms with Gasteiger partial charge in [-0.1, -0.05) is 24.3 Å². The molecule has 4 nitrogen and oxygen atoms in total. The predicted molar refractivity (Wildman–Crippen MR) is 91.6 cm³/mol. The van der Waals surface area contributed by atoms with Crippen molar-refractivity contribution in [3.8, 4) is 0 Å². The molecule has 0 amide bonds. The van der Waals surface area contributed by atoms with Crippen LogP contribution in [0.1, 0.15) is 50.0 Å². The van der Waals surface area contributed by atoms with Crippen molar-refractivity contribution in [1.82, 2.24) is 0 Å². The zero-order valence-electron chi connectivity index (χ0n) is 14.3. The Morgan fingerprint density at radius 3 is 2.04 bits per heavy atom. The molecule has 2 rings (SSSR count). The highest BCUT2D eigenvalue weighted by Crippen LogP contribution is 2.39. The van der Waals surface area contributed by atoms with E-state index in [1.165, 1.54) is 27.7 Å². The Morgan fingerprint density at radius 2 is 1.54 bits per heavy atom. The summed E-state index contributed by atoms with van der Waals surface area (Å²) in [6.45, 7) is 5.63. The van der Waals surface area contributed by atoms with Crippen LogP contribution in [0, 0.1) is 5.41 Å². The fourth-order valence-electron chi connectivity index (χ4n) is 2.91. The number of ketones is 4. The molecule has 0 fully saturated rings. The number of carbonyl (C=O) groups excluding carboxylic acids is 4. The summed E-state index contributed by atoms with van der Waals surface area (Å²) in [6, 6.07) is 6.95. The van der Waals surface area contributed by atoms with Crippen molar-refractivity contribution in [2.45, 2.75) is 34.1 Å². The summed E-state index contributed by atoms with van der Waals surface area (Å²) in [6.07, 6.45) is 3.41. The normalized spacial score (nSPS) is 16.0. The van der Waals surface area contributed by atoms with Crippen molar-refractivity contribution in [1.29, 1.82) is 0 Å². The molecule has 4 heteroatoms. The average molecular weight is 324 g/mol.